The first-order chi connectivity index (χ1) is 10.0. The minimum atomic E-state index is -0.532. The van der Waals surface area contributed by atoms with Gasteiger partial charge in [0.2, 0.25) is 0 Å². The number of halogens is 1. The zero-order valence-electron chi connectivity index (χ0n) is 11.2. The van der Waals surface area contributed by atoms with Crippen LogP contribution in [0.15, 0.2) is 36.4 Å². The number of ether oxygens (including phenoxy) is 2. The monoisotopic (exact) mass is 308 g/mol. The summed E-state index contributed by atoms with van der Waals surface area (Å²) < 4.78 is 10.5. The third kappa shape index (κ3) is 3.42. The largest absolute Gasteiger partial charge is 0.490 e. The molecular weight excluding hydrogens is 296 g/mol. The van der Waals surface area contributed by atoms with Crippen molar-refractivity contribution in [3.8, 4) is 17.2 Å². The predicted octanol–water partition coefficient (Wildman–Crippen LogP) is 3.51. The molecule has 0 atom stereocenters. The molecule has 21 heavy (non-hydrogen) atoms. The quantitative estimate of drug-likeness (QED) is 0.674. The lowest BCUT2D eigenvalue weighted by Gasteiger charge is -2.09. The van der Waals surface area contributed by atoms with Gasteiger partial charge in [-0.2, -0.15) is 0 Å². The van der Waals surface area contributed by atoms with E-state index in [9.17, 15) is 10.1 Å². The molecule has 2 aromatic rings. The van der Waals surface area contributed by atoms with E-state index in [-0.39, 0.29) is 11.4 Å². The average molecular weight is 309 g/mol. The van der Waals surface area contributed by atoms with Crippen LogP contribution in [0.1, 0.15) is 5.56 Å². The molecule has 0 spiro atoms. The molecule has 0 unspecified atom stereocenters. The van der Waals surface area contributed by atoms with Crippen molar-refractivity contribution in [2.45, 2.75) is 6.54 Å². The third-order valence-electron chi connectivity index (χ3n) is 2.83. The van der Waals surface area contributed by atoms with Gasteiger partial charge in [0.25, 0.3) is 0 Å². The Morgan fingerprint density at radius 1 is 1.24 bits per heavy atom. The standard InChI is InChI=1S/C14H13ClN2O4/c1-20-14-5-4-11(7-13(14)17(18)19)21-10-3-2-9(8-16)12(15)6-10/h2-7H,8,16H2,1H3. The van der Waals surface area contributed by atoms with Crippen molar-refractivity contribution in [2.75, 3.05) is 7.11 Å². The zero-order chi connectivity index (χ0) is 15.4. The first-order valence-electron chi connectivity index (χ1n) is 6.04. The third-order valence-corrected chi connectivity index (χ3v) is 3.18. The number of benzene rings is 2. The van der Waals surface area contributed by atoms with Crippen molar-refractivity contribution < 1.29 is 14.4 Å². The zero-order valence-corrected chi connectivity index (χ0v) is 12.0. The van der Waals surface area contributed by atoms with Crippen LogP contribution < -0.4 is 15.2 Å². The highest BCUT2D eigenvalue weighted by molar-refractivity contribution is 6.31. The summed E-state index contributed by atoms with van der Waals surface area (Å²) in [5.74, 6) is 0.958. The maximum Gasteiger partial charge on any atom is 0.314 e. The summed E-state index contributed by atoms with van der Waals surface area (Å²) in [7, 11) is 1.37. The van der Waals surface area contributed by atoms with Crippen molar-refractivity contribution in [3.05, 3.63) is 57.1 Å². The smallest absolute Gasteiger partial charge is 0.314 e. The molecule has 0 radical (unpaired) electrons. The molecule has 2 N–H and O–H groups in total. The first-order valence-corrected chi connectivity index (χ1v) is 6.41. The second-order valence-electron chi connectivity index (χ2n) is 4.15. The van der Waals surface area contributed by atoms with Gasteiger partial charge in [0, 0.05) is 11.6 Å². The van der Waals surface area contributed by atoms with Crippen LogP contribution >= 0.6 is 11.6 Å². The van der Waals surface area contributed by atoms with E-state index in [2.05, 4.69) is 0 Å². The first kappa shape index (κ1) is 15.1. The van der Waals surface area contributed by atoms with Gasteiger partial charge < -0.3 is 15.2 Å². The number of nitro benzene ring substituents is 1. The lowest BCUT2D eigenvalue weighted by molar-refractivity contribution is -0.385. The van der Waals surface area contributed by atoms with E-state index >= 15 is 0 Å². The summed E-state index contributed by atoms with van der Waals surface area (Å²) in [6.07, 6.45) is 0. The molecule has 0 fully saturated rings. The Kier molecular flexibility index (Phi) is 4.62. The van der Waals surface area contributed by atoms with Crippen LogP contribution in [0.3, 0.4) is 0 Å². The molecule has 2 aromatic carbocycles. The molecule has 0 bridgehead atoms. The van der Waals surface area contributed by atoms with Crippen LogP contribution in [0.2, 0.25) is 5.02 Å². The van der Waals surface area contributed by atoms with Gasteiger partial charge in [0.05, 0.1) is 18.1 Å². The predicted molar refractivity (Wildman–Crippen MR) is 79.1 cm³/mol. The molecule has 0 aliphatic carbocycles. The molecule has 110 valence electrons. The van der Waals surface area contributed by atoms with E-state index in [1.165, 1.54) is 19.2 Å². The normalized spacial score (nSPS) is 10.2. The van der Waals surface area contributed by atoms with Crippen molar-refractivity contribution in [1.82, 2.24) is 0 Å². The second kappa shape index (κ2) is 6.43. The van der Waals surface area contributed by atoms with Gasteiger partial charge in [0.1, 0.15) is 11.5 Å². The SMILES string of the molecule is COc1ccc(Oc2ccc(CN)c(Cl)c2)cc1[N+](=O)[O-]. The average Bonchev–Trinajstić information content (AvgIpc) is 2.47. The maximum absolute atomic E-state index is 11.0. The molecule has 0 amide bonds. The minimum Gasteiger partial charge on any atom is -0.490 e. The number of hydrogen-bond acceptors (Lipinski definition) is 5. The molecule has 0 saturated heterocycles. The van der Waals surface area contributed by atoms with Gasteiger partial charge in [0.15, 0.2) is 5.75 Å². The van der Waals surface area contributed by atoms with Crippen LogP contribution in [-0.2, 0) is 6.54 Å². The number of nitrogens with zero attached hydrogens (tertiary/aromatic N) is 1. The molecular formula is C14H13ClN2O4. The fraction of sp³-hybridized carbons (Fsp3) is 0.143. The van der Waals surface area contributed by atoms with Gasteiger partial charge in [-0.1, -0.05) is 17.7 Å². The number of hydrogen-bond donors (Lipinski definition) is 1. The topological polar surface area (TPSA) is 87.6 Å². The summed E-state index contributed by atoms with van der Waals surface area (Å²) >= 11 is 6.04. The van der Waals surface area contributed by atoms with Crippen molar-refractivity contribution in [3.63, 3.8) is 0 Å². The number of nitro groups is 1. The van der Waals surface area contributed by atoms with Crippen LogP contribution in [0.25, 0.3) is 0 Å². The maximum atomic E-state index is 11.0. The Bertz CT molecular complexity index is 676. The van der Waals surface area contributed by atoms with E-state index < -0.39 is 4.92 Å². The molecule has 0 heterocycles. The van der Waals surface area contributed by atoms with E-state index in [0.29, 0.717) is 23.1 Å². The van der Waals surface area contributed by atoms with Crippen LogP contribution in [0, 0.1) is 10.1 Å². The van der Waals surface area contributed by atoms with Gasteiger partial charge >= 0.3 is 5.69 Å². The van der Waals surface area contributed by atoms with E-state index in [1.54, 1.807) is 24.3 Å². The number of nitrogens with two attached hydrogens (primary N) is 1. The molecule has 2 rings (SSSR count). The highest BCUT2D eigenvalue weighted by atomic mass is 35.5. The highest BCUT2D eigenvalue weighted by Gasteiger charge is 2.16. The summed E-state index contributed by atoms with van der Waals surface area (Å²) in [4.78, 5) is 10.4. The molecule has 7 heteroatoms. The van der Waals surface area contributed by atoms with E-state index in [4.69, 9.17) is 26.8 Å². The summed E-state index contributed by atoms with van der Waals surface area (Å²) in [6, 6.07) is 9.41. The fourth-order valence-corrected chi connectivity index (χ4v) is 2.02. The van der Waals surface area contributed by atoms with Gasteiger partial charge in [-0.05, 0) is 29.8 Å². The number of methoxy groups -OCH3 is 1. The molecule has 0 saturated carbocycles. The molecule has 0 aliphatic heterocycles. The molecule has 0 aliphatic rings. The molecule has 0 aromatic heterocycles. The van der Waals surface area contributed by atoms with E-state index in [1.807, 2.05) is 0 Å². The van der Waals surface area contributed by atoms with Gasteiger partial charge in [-0.15, -0.1) is 0 Å². The Hall–Kier alpha value is -2.31. The van der Waals surface area contributed by atoms with Gasteiger partial charge in [-0.3, -0.25) is 10.1 Å². The Labute approximate surface area is 126 Å². The number of rotatable bonds is 5. The molecule has 6 nitrogen and oxygen atoms in total. The highest BCUT2D eigenvalue weighted by Crippen LogP contribution is 2.33. The Morgan fingerprint density at radius 2 is 1.90 bits per heavy atom. The lowest BCUT2D eigenvalue weighted by atomic mass is 10.2. The van der Waals surface area contributed by atoms with Crippen molar-refractivity contribution >= 4 is 17.3 Å². The van der Waals surface area contributed by atoms with Crippen molar-refractivity contribution in [2.24, 2.45) is 5.73 Å². The Balaban J connectivity index is 2.29. The lowest BCUT2D eigenvalue weighted by Crippen LogP contribution is -1.97. The summed E-state index contributed by atoms with van der Waals surface area (Å²) in [5.41, 5.74) is 6.15. The van der Waals surface area contributed by atoms with Crippen LogP contribution in [0.4, 0.5) is 5.69 Å². The summed E-state index contributed by atoms with van der Waals surface area (Å²) in [6.45, 7) is 0.327. The van der Waals surface area contributed by atoms with Gasteiger partial charge in [-0.25, -0.2) is 0 Å². The van der Waals surface area contributed by atoms with Crippen molar-refractivity contribution in [1.29, 1.82) is 0 Å². The van der Waals surface area contributed by atoms with Crippen LogP contribution in [0.5, 0.6) is 17.2 Å². The fourth-order valence-electron chi connectivity index (χ4n) is 1.77. The summed E-state index contributed by atoms with van der Waals surface area (Å²) in [5, 5.41) is 11.4. The van der Waals surface area contributed by atoms with E-state index in [0.717, 1.165) is 5.56 Å². The Morgan fingerprint density at radius 3 is 2.48 bits per heavy atom. The van der Waals surface area contributed by atoms with Crippen LogP contribution in [-0.4, -0.2) is 12.0 Å². The second-order valence-corrected chi connectivity index (χ2v) is 4.56. The minimum absolute atomic E-state index is 0.167.